The highest BCUT2D eigenvalue weighted by molar-refractivity contribution is 6.08. The average Bonchev–Trinajstić information content (AvgIpc) is 3.02. The van der Waals surface area contributed by atoms with Crippen molar-refractivity contribution in [2.45, 2.75) is 20.4 Å². The maximum absolute atomic E-state index is 12.7. The van der Waals surface area contributed by atoms with Gasteiger partial charge < -0.3 is 5.32 Å². The monoisotopic (exact) mass is 401 g/mol. The molecule has 150 valence electrons. The Morgan fingerprint density at radius 3 is 2.53 bits per heavy atom. The van der Waals surface area contributed by atoms with Crippen LogP contribution < -0.4 is 5.32 Å². The predicted octanol–water partition coefficient (Wildman–Crippen LogP) is 4.26. The van der Waals surface area contributed by atoms with Crippen molar-refractivity contribution in [3.8, 4) is 0 Å². The van der Waals surface area contributed by atoms with Crippen molar-refractivity contribution in [2.24, 2.45) is 0 Å². The minimum atomic E-state index is -0.413. The second kappa shape index (κ2) is 7.75. The number of aryl methyl sites for hydroxylation is 1. The molecule has 1 N–H and O–H groups in total. The lowest BCUT2D eigenvalue weighted by atomic mass is 10.1. The summed E-state index contributed by atoms with van der Waals surface area (Å²) in [4.78, 5) is 27.8. The minimum Gasteiger partial charge on any atom is -0.320 e. The maximum atomic E-state index is 12.7. The SMILES string of the molecule is Cc1nn(Cc2ccc(C(=O)Nc3cccc4cccnc34)cc2)c(C)c1[N+](=O)[O-]. The summed E-state index contributed by atoms with van der Waals surface area (Å²) in [6.45, 7) is 3.69. The molecule has 0 spiro atoms. The Morgan fingerprint density at radius 2 is 1.83 bits per heavy atom. The number of rotatable bonds is 5. The van der Waals surface area contributed by atoms with E-state index in [-0.39, 0.29) is 11.6 Å². The number of pyridine rings is 1. The number of benzene rings is 2. The molecule has 2 heterocycles. The molecule has 2 aromatic heterocycles. The van der Waals surface area contributed by atoms with Crippen molar-refractivity contribution in [1.82, 2.24) is 14.8 Å². The number of hydrogen-bond acceptors (Lipinski definition) is 5. The molecular formula is C22H19N5O3. The number of hydrogen-bond donors (Lipinski definition) is 1. The zero-order valence-corrected chi connectivity index (χ0v) is 16.5. The van der Waals surface area contributed by atoms with Gasteiger partial charge in [0, 0.05) is 17.1 Å². The number of para-hydroxylation sites is 1. The summed E-state index contributed by atoms with van der Waals surface area (Å²) >= 11 is 0. The Kier molecular flexibility index (Phi) is 4.97. The number of aromatic nitrogens is 3. The number of nitrogens with one attached hydrogen (secondary N) is 1. The van der Waals surface area contributed by atoms with Crippen LogP contribution in [0.25, 0.3) is 10.9 Å². The van der Waals surface area contributed by atoms with Gasteiger partial charge in [0.2, 0.25) is 0 Å². The number of amides is 1. The van der Waals surface area contributed by atoms with E-state index in [1.54, 1.807) is 36.9 Å². The molecule has 0 bridgehead atoms. The molecule has 0 saturated carbocycles. The molecule has 0 atom stereocenters. The number of carbonyl (C=O) groups is 1. The van der Waals surface area contributed by atoms with E-state index >= 15 is 0 Å². The summed E-state index contributed by atoms with van der Waals surface area (Å²) in [6.07, 6.45) is 1.69. The lowest BCUT2D eigenvalue weighted by Gasteiger charge is -2.09. The standard InChI is InChI=1S/C22H19N5O3/c1-14-21(27(29)30)15(2)26(25-14)13-16-8-10-18(11-9-16)22(28)24-19-7-3-5-17-6-4-12-23-20(17)19/h3-12H,13H2,1-2H3,(H,24,28). The largest absolute Gasteiger partial charge is 0.320 e. The molecule has 1 amide bonds. The van der Waals surface area contributed by atoms with E-state index in [1.165, 1.54) is 0 Å². The van der Waals surface area contributed by atoms with Gasteiger partial charge in [0.15, 0.2) is 0 Å². The fourth-order valence-corrected chi connectivity index (χ4v) is 3.44. The highest BCUT2D eigenvalue weighted by atomic mass is 16.6. The Balaban J connectivity index is 1.52. The van der Waals surface area contributed by atoms with E-state index in [9.17, 15) is 14.9 Å². The first-order valence-corrected chi connectivity index (χ1v) is 9.36. The lowest BCUT2D eigenvalue weighted by Crippen LogP contribution is -2.12. The Morgan fingerprint density at radius 1 is 1.10 bits per heavy atom. The molecule has 8 heteroatoms. The first-order chi connectivity index (χ1) is 14.4. The number of fused-ring (bicyclic) bond motifs is 1. The van der Waals surface area contributed by atoms with E-state index in [0.29, 0.717) is 29.2 Å². The molecule has 2 aromatic carbocycles. The van der Waals surface area contributed by atoms with Crippen molar-refractivity contribution in [1.29, 1.82) is 0 Å². The van der Waals surface area contributed by atoms with Gasteiger partial charge >= 0.3 is 5.69 Å². The molecule has 4 rings (SSSR count). The Bertz CT molecular complexity index is 1260. The van der Waals surface area contributed by atoms with Crippen LogP contribution in [-0.2, 0) is 6.54 Å². The van der Waals surface area contributed by atoms with Crippen molar-refractivity contribution in [3.05, 3.63) is 93.4 Å². The van der Waals surface area contributed by atoms with E-state index in [1.807, 2.05) is 42.5 Å². The van der Waals surface area contributed by atoms with Gasteiger partial charge in [-0.25, -0.2) is 0 Å². The van der Waals surface area contributed by atoms with Crippen LogP contribution in [-0.4, -0.2) is 25.6 Å². The number of nitro groups is 1. The summed E-state index contributed by atoms with van der Waals surface area (Å²) in [5, 5.41) is 19.3. The first-order valence-electron chi connectivity index (χ1n) is 9.36. The predicted molar refractivity (Wildman–Crippen MR) is 114 cm³/mol. The van der Waals surface area contributed by atoms with Gasteiger partial charge in [-0.2, -0.15) is 5.10 Å². The van der Waals surface area contributed by atoms with Gasteiger partial charge in [-0.1, -0.05) is 30.3 Å². The fourth-order valence-electron chi connectivity index (χ4n) is 3.44. The molecule has 0 aliphatic rings. The molecule has 0 saturated heterocycles. The second-order valence-electron chi connectivity index (χ2n) is 6.97. The molecule has 4 aromatic rings. The molecule has 0 aliphatic heterocycles. The minimum absolute atomic E-state index is 0.0368. The highest BCUT2D eigenvalue weighted by Crippen LogP contribution is 2.23. The van der Waals surface area contributed by atoms with Gasteiger partial charge in [-0.15, -0.1) is 0 Å². The summed E-state index contributed by atoms with van der Waals surface area (Å²) in [6, 6.07) is 16.5. The Hall–Kier alpha value is -4.07. The quantitative estimate of drug-likeness (QED) is 0.398. The van der Waals surface area contributed by atoms with Gasteiger partial charge in [-0.3, -0.25) is 24.6 Å². The van der Waals surface area contributed by atoms with Gasteiger partial charge in [-0.05, 0) is 43.7 Å². The van der Waals surface area contributed by atoms with Crippen molar-refractivity contribution < 1.29 is 9.72 Å². The molecular weight excluding hydrogens is 382 g/mol. The van der Waals surface area contributed by atoms with Crippen LogP contribution in [0.4, 0.5) is 11.4 Å². The van der Waals surface area contributed by atoms with Crippen molar-refractivity contribution >= 4 is 28.2 Å². The summed E-state index contributed by atoms with van der Waals surface area (Å²) in [5.41, 5.74) is 3.70. The van der Waals surface area contributed by atoms with Crippen LogP contribution in [0.1, 0.15) is 27.3 Å². The Labute approximate surface area is 172 Å². The van der Waals surface area contributed by atoms with Crippen LogP contribution in [0.5, 0.6) is 0 Å². The normalized spacial score (nSPS) is 10.9. The number of anilines is 1. The smallest absolute Gasteiger partial charge is 0.312 e. The van der Waals surface area contributed by atoms with Crippen LogP contribution in [0.15, 0.2) is 60.8 Å². The van der Waals surface area contributed by atoms with Crippen LogP contribution in [0.2, 0.25) is 0 Å². The van der Waals surface area contributed by atoms with Crippen LogP contribution >= 0.6 is 0 Å². The van der Waals surface area contributed by atoms with Gasteiger partial charge in [0.05, 0.1) is 22.7 Å². The van der Waals surface area contributed by atoms with E-state index in [0.717, 1.165) is 16.5 Å². The average molecular weight is 401 g/mol. The third-order valence-corrected chi connectivity index (χ3v) is 4.96. The van der Waals surface area contributed by atoms with Crippen molar-refractivity contribution in [2.75, 3.05) is 5.32 Å². The molecule has 0 fully saturated rings. The third kappa shape index (κ3) is 3.62. The van der Waals surface area contributed by atoms with E-state index < -0.39 is 4.92 Å². The zero-order valence-electron chi connectivity index (χ0n) is 16.5. The van der Waals surface area contributed by atoms with Gasteiger partial charge in [0.25, 0.3) is 5.91 Å². The van der Waals surface area contributed by atoms with Crippen LogP contribution in [0, 0.1) is 24.0 Å². The molecule has 8 nitrogen and oxygen atoms in total. The molecule has 30 heavy (non-hydrogen) atoms. The first kappa shape index (κ1) is 19.3. The van der Waals surface area contributed by atoms with Crippen LogP contribution in [0.3, 0.4) is 0 Å². The maximum Gasteiger partial charge on any atom is 0.312 e. The third-order valence-electron chi connectivity index (χ3n) is 4.96. The van der Waals surface area contributed by atoms with Gasteiger partial charge in [0.1, 0.15) is 11.4 Å². The summed E-state index contributed by atoms with van der Waals surface area (Å²) < 4.78 is 1.60. The highest BCUT2D eigenvalue weighted by Gasteiger charge is 2.21. The van der Waals surface area contributed by atoms with Crippen molar-refractivity contribution in [3.63, 3.8) is 0 Å². The zero-order chi connectivity index (χ0) is 21.3. The van der Waals surface area contributed by atoms with E-state index in [2.05, 4.69) is 15.4 Å². The lowest BCUT2D eigenvalue weighted by molar-refractivity contribution is -0.386. The summed E-state index contributed by atoms with van der Waals surface area (Å²) in [7, 11) is 0. The molecule has 0 aliphatic carbocycles. The number of carbonyl (C=O) groups excluding carboxylic acids is 1. The molecule has 0 unspecified atom stereocenters. The van der Waals surface area contributed by atoms with E-state index in [4.69, 9.17) is 0 Å². The molecule has 0 radical (unpaired) electrons. The topological polar surface area (TPSA) is 103 Å². The summed E-state index contributed by atoms with van der Waals surface area (Å²) in [5.74, 6) is -0.235. The fraction of sp³-hybridized carbons (Fsp3) is 0.136. The second-order valence-corrected chi connectivity index (χ2v) is 6.97. The number of nitrogens with zero attached hydrogens (tertiary/aromatic N) is 4.